The van der Waals surface area contributed by atoms with Crippen LogP contribution in [-0.2, 0) is 9.59 Å². The summed E-state index contributed by atoms with van der Waals surface area (Å²) in [5.74, 6) is -0.404. The smallest absolute Gasteiger partial charge is 0.331 e. The van der Waals surface area contributed by atoms with Crippen LogP contribution in [0, 0.1) is 39.4 Å². The molecule has 0 aromatic heterocycles. The zero-order valence-corrected chi connectivity index (χ0v) is 22.3. The van der Waals surface area contributed by atoms with E-state index in [9.17, 15) is 20.1 Å². The van der Waals surface area contributed by atoms with Gasteiger partial charge in [0, 0.05) is 0 Å². The lowest BCUT2D eigenvalue weighted by Gasteiger charge is -2.34. The van der Waals surface area contributed by atoms with Gasteiger partial charge in [0.05, 0.1) is 23.5 Å². The van der Waals surface area contributed by atoms with E-state index in [4.69, 9.17) is 9.47 Å². The van der Waals surface area contributed by atoms with Crippen molar-refractivity contribution in [1.82, 2.24) is 0 Å². The molecule has 6 heteroatoms. The minimum Gasteiger partial charge on any atom is -0.426 e. The summed E-state index contributed by atoms with van der Waals surface area (Å²) in [7, 11) is 0. The molecule has 0 bridgehead atoms. The Labute approximate surface area is 217 Å². The van der Waals surface area contributed by atoms with Crippen molar-refractivity contribution in [2.75, 3.05) is 0 Å². The number of hydrogen-bond acceptors (Lipinski definition) is 6. The molecule has 1 fully saturated rings. The molecular formula is C30H42N2O4. The van der Waals surface area contributed by atoms with Crippen LogP contribution in [0.2, 0.25) is 0 Å². The van der Waals surface area contributed by atoms with Gasteiger partial charge < -0.3 is 9.47 Å². The first-order valence-electron chi connectivity index (χ1n) is 13.7. The molecule has 0 N–H and O–H groups in total. The van der Waals surface area contributed by atoms with E-state index in [-0.39, 0.29) is 17.3 Å². The molecule has 0 spiro atoms. The third-order valence-corrected chi connectivity index (χ3v) is 7.68. The first kappa shape index (κ1) is 29.4. The molecular weight excluding hydrogens is 452 g/mol. The van der Waals surface area contributed by atoms with Crippen molar-refractivity contribution in [2.24, 2.45) is 16.7 Å². The van der Waals surface area contributed by atoms with E-state index in [0.717, 1.165) is 25.7 Å². The van der Waals surface area contributed by atoms with Gasteiger partial charge in [-0.1, -0.05) is 65.2 Å². The van der Waals surface area contributed by atoms with Crippen molar-refractivity contribution in [1.29, 1.82) is 10.5 Å². The van der Waals surface area contributed by atoms with Gasteiger partial charge in [-0.2, -0.15) is 10.5 Å². The maximum atomic E-state index is 12.7. The lowest BCUT2D eigenvalue weighted by atomic mass is 9.69. The fraction of sp³-hybridized carbons (Fsp3) is 0.667. The Hall–Kier alpha value is -2.86. The van der Waals surface area contributed by atoms with Crippen LogP contribution in [-0.4, -0.2) is 11.9 Å². The number of hydrogen-bond donors (Lipinski definition) is 0. The number of unbranched alkanes of at least 4 members (excludes halogenated alkanes) is 7. The summed E-state index contributed by atoms with van der Waals surface area (Å²) in [6, 6.07) is 10.8. The lowest BCUT2D eigenvalue weighted by molar-refractivity contribution is -0.142. The molecule has 1 atom stereocenters. The summed E-state index contributed by atoms with van der Waals surface area (Å²) in [4.78, 5) is 25.0. The number of rotatable bonds is 14. The van der Waals surface area contributed by atoms with Crippen molar-refractivity contribution in [2.45, 2.75) is 111 Å². The van der Waals surface area contributed by atoms with Gasteiger partial charge in [0.25, 0.3) is 0 Å². The largest absolute Gasteiger partial charge is 0.426 e. The Balaban J connectivity index is 1.76. The van der Waals surface area contributed by atoms with Crippen LogP contribution in [0.1, 0.15) is 111 Å². The van der Waals surface area contributed by atoms with Gasteiger partial charge in [-0.25, -0.2) is 4.79 Å². The fourth-order valence-electron chi connectivity index (χ4n) is 4.68. The highest BCUT2D eigenvalue weighted by Gasteiger charge is 2.38. The second kappa shape index (κ2) is 14.6. The van der Waals surface area contributed by atoms with E-state index < -0.39 is 11.4 Å². The Morgan fingerprint density at radius 2 is 1.44 bits per heavy atom. The third kappa shape index (κ3) is 8.66. The van der Waals surface area contributed by atoms with Crippen LogP contribution in [0.15, 0.2) is 24.3 Å². The molecule has 1 aromatic carbocycles. The van der Waals surface area contributed by atoms with Gasteiger partial charge in [0.2, 0.25) is 0 Å². The molecule has 0 heterocycles. The summed E-state index contributed by atoms with van der Waals surface area (Å²) in [6.45, 7) is 5.54. The average Bonchev–Trinajstić information content (AvgIpc) is 2.91. The topological polar surface area (TPSA) is 100 Å². The Kier molecular flexibility index (Phi) is 11.9. The molecule has 1 unspecified atom stereocenters. The first-order valence-corrected chi connectivity index (χ1v) is 13.7. The highest BCUT2D eigenvalue weighted by Crippen LogP contribution is 2.43. The number of nitrogens with zero attached hydrogens (tertiary/aromatic N) is 2. The van der Waals surface area contributed by atoms with Crippen LogP contribution in [0.25, 0.3) is 0 Å². The summed E-state index contributed by atoms with van der Waals surface area (Å²) in [6.07, 6.45) is 14.1. The van der Waals surface area contributed by atoms with E-state index in [0.29, 0.717) is 30.8 Å². The van der Waals surface area contributed by atoms with Crippen LogP contribution in [0.3, 0.4) is 0 Å². The number of carbonyl (C=O) groups is 2. The van der Waals surface area contributed by atoms with Crippen LogP contribution in [0.5, 0.6) is 11.5 Å². The summed E-state index contributed by atoms with van der Waals surface area (Å²) >= 11 is 0. The average molecular weight is 495 g/mol. The van der Waals surface area contributed by atoms with Crippen molar-refractivity contribution >= 4 is 11.9 Å². The maximum absolute atomic E-state index is 12.7. The quantitative estimate of drug-likeness (QED) is 0.149. The Morgan fingerprint density at radius 1 is 0.917 bits per heavy atom. The Morgan fingerprint density at radius 3 is 1.94 bits per heavy atom. The van der Waals surface area contributed by atoms with Crippen LogP contribution in [0.4, 0.5) is 0 Å². The van der Waals surface area contributed by atoms with Gasteiger partial charge in [-0.05, 0) is 69.7 Å². The van der Waals surface area contributed by atoms with Gasteiger partial charge in [0.1, 0.15) is 11.5 Å². The molecule has 6 nitrogen and oxygen atoms in total. The standard InChI is InChI=1S/C30H42N2O4/c1-4-6-7-8-9-10-11-12-19-30(23-32)20-17-24(18-21-30)27(33)35-25-13-15-26(16-14-25)36-28(34)29(3,5-2)22-31/h13-16,24H,4-12,17-21H2,1-3H3. The zero-order chi connectivity index (χ0) is 26.4. The van der Waals surface area contributed by atoms with Crippen LogP contribution >= 0.6 is 0 Å². The molecule has 36 heavy (non-hydrogen) atoms. The van der Waals surface area contributed by atoms with Crippen molar-refractivity contribution in [3.63, 3.8) is 0 Å². The molecule has 1 aromatic rings. The molecule has 2 rings (SSSR count). The molecule has 0 amide bonds. The van der Waals surface area contributed by atoms with Gasteiger partial charge >= 0.3 is 11.9 Å². The predicted octanol–water partition coefficient (Wildman–Crippen LogP) is 7.67. The zero-order valence-electron chi connectivity index (χ0n) is 22.3. The molecule has 0 saturated heterocycles. The molecule has 1 saturated carbocycles. The SMILES string of the molecule is CCCCCCCCCCC1(C#N)CCC(C(=O)Oc2ccc(OC(=O)C(C)(C#N)CC)cc2)CC1. The number of benzene rings is 1. The third-order valence-electron chi connectivity index (χ3n) is 7.68. The molecule has 1 aliphatic carbocycles. The highest BCUT2D eigenvalue weighted by molar-refractivity contribution is 5.81. The monoisotopic (exact) mass is 494 g/mol. The summed E-state index contributed by atoms with van der Waals surface area (Å²) < 4.78 is 10.9. The van der Waals surface area contributed by atoms with E-state index in [1.54, 1.807) is 38.1 Å². The minimum absolute atomic E-state index is 0.205. The molecule has 0 radical (unpaired) electrons. The second-order valence-corrected chi connectivity index (χ2v) is 10.5. The number of esters is 2. The highest BCUT2D eigenvalue weighted by atomic mass is 16.5. The molecule has 196 valence electrons. The fourth-order valence-corrected chi connectivity index (χ4v) is 4.68. The van der Waals surface area contributed by atoms with E-state index in [2.05, 4.69) is 13.0 Å². The van der Waals surface area contributed by atoms with E-state index >= 15 is 0 Å². The number of nitriles is 2. The van der Waals surface area contributed by atoms with Crippen molar-refractivity contribution in [3.8, 4) is 23.6 Å². The predicted molar refractivity (Wildman–Crippen MR) is 139 cm³/mol. The normalized spacial score (nSPS) is 21.0. The number of carbonyl (C=O) groups excluding carboxylic acids is 2. The van der Waals surface area contributed by atoms with Crippen LogP contribution < -0.4 is 9.47 Å². The molecule has 0 aliphatic heterocycles. The van der Waals surface area contributed by atoms with Gasteiger partial charge in [-0.15, -0.1) is 0 Å². The second-order valence-electron chi connectivity index (χ2n) is 10.5. The first-order chi connectivity index (χ1) is 17.3. The van der Waals surface area contributed by atoms with E-state index in [1.165, 1.54) is 44.9 Å². The summed E-state index contributed by atoms with van der Waals surface area (Å²) in [5, 5.41) is 19.1. The van der Waals surface area contributed by atoms with E-state index in [1.807, 2.05) is 6.07 Å². The Bertz CT molecular complexity index is 920. The van der Waals surface area contributed by atoms with Crippen molar-refractivity contribution < 1.29 is 19.1 Å². The maximum Gasteiger partial charge on any atom is 0.331 e. The summed E-state index contributed by atoms with van der Waals surface area (Å²) in [5.41, 5.74) is -1.50. The molecule has 1 aliphatic rings. The van der Waals surface area contributed by atoms with Gasteiger partial charge in [-0.3, -0.25) is 4.79 Å². The minimum atomic E-state index is -1.20. The van der Waals surface area contributed by atoms with Crippen molar-refractivity contribution in [3.05, 3.63) is 24.3 Å². The lowest BCUT2D eigenvalue weighted by Crippen LogP contribution is -2.31. The van der Waals surface area contributed by atoms with Gasteiger partial charge in [0.15, 0.2) is 5.41 Å². The number of ether oxygens (including phenoxy) is 2.